The fourth-order valence-corrected chi connectivity index (χ4v) is 8.70. The molecule has 222 valence electrons. The highest BCUT2D eigenvalue weighted by molar-refractivity contribution is 7.92. The normalized spacial score (nSPS) is 17.9. The number of hydrogen-bond acceptors (Lipinski definition) is 11. The molecule has 3 heterocycles. The smallest absolute Gasteiger partial charge is 0.253 e. The lowest BCUT2D eigenvalue weighted by Crippen LogP contribution is -2.47. The Kier molecular flexibility index (Phi) is 8.22. The van der Waals surface area contributed by atoms with E-state index >= 15 is 0 Å². The van der Waals surface area contributed by atoms with Gasteiger partial charge < -0.3 is 18.8 Å². The number of carbonyl (C=O) groups is 1. The number of hydrogen-bond donors (Lipinski definition) is 1. The van der Waals surface area contributed by atoms with Crippen molar-refractivity contribution in [3.63, 3.8) is 0 Å². The van der Waals surface area contributed by atoms with E-state index in [9.17, 15) is 22.0 Å². The first-order chi connectivity index (χ1) is 20.2. The third-order valence-corrected chi connectivity index (χ3v) is 11.1. The molecule has 2 atom stereocenters. The van der Waals surface area contributed by atoms with Crippen LogP contribution >= 0.6 is 11.3 Å². The minimum Gasteiger partial charge on any atom is -0.760 e. The van der Waals surface area contributed by atoms with E-state index in [1.54, 1.807) is 0 Å². The Bertz CT molecular complexity index is 1740. The predicted molar refractivity (Wildman–Crippen MR) is 157 cm³/mol. The Hall–Kier alpha value is -3.08. The van der Waals surface area contributed by atoms with E-state index in [1.807, 2.05) is 54.4 Å². The zero-order valence-corrected chi connectivity index (χ0v) is 25.2. The second-order valence-electron chi connectivity index (χ2n) is 10.7. The average molecular weight is 630 g/mol. The lowest BCUT2D eigenvalue weighted by atomic mass is 10.0. The van der Waals surface area contributed by atoms with Crippen molar-refractivity contribution in [1.82, 2.24) is 29.7 Å². The Morgan fingerprint density at radius 2 is 1.90 bits per heavy atom. The maximum absolute atomic E-state index is 13.6. The summed E-state index contributed by atoms with van der Waals surface area (Å²) in [6.45, 7) is 2.82. The number of amides is 1. The molecular weight excluding hydrogens is 601 g/mol. The fourth-order valence-electron chi connectivity index (χ4n) is 4.94. The molecule has 2 aromatic heterocycles. The highest BCUT2D eigenvalue weighted by Crippen LogP contribution is 2.40. The number of benzene rings is 2. The van der Waals surface area contributed by atoms with Crippen LogP contribution in [0, 0.1) is 5.92 Å². The molecule has 2 aliphatic rings. The van der Waals surface area contributed by atoms with Crippen LogP contribution in [-0.4, -0.2) is 87.0 Å². The van der Waals surface area contributed by atoms with Gasteiger partial charge in [-0.15, -0.1) is 21.5 Å². The molecule has 0 bridgehead atoms. The van der Waals surface area contributed by atoms with Gasteiger partial charge in [0, 0.05) is 43.0 Å². The third-order valence-electron chi connectivity index (χ3n) is 7.43. The van der Waals surface area contributed by atoms with Crippen molar-refractivity contribution in [2.75, 3.05) is 39.0 Å². The molecule has 2 unspecified atom stereocenters. The molecule has 1 N–H and O–H groups in total. The molecule has 1 saturated carbocycles. The molecule has 1 amide bonds. The van der Waals surface area contributed by atoms with Crippen LogP contribution in [-0.2, 0) is 27.6 Å². The Labute approximate surface area is 249 Å². The average Bonchev–Trinajstić information content (AvgIpc) is 3.48. The number of likely N-dealkylation sites (N-methyl/N-ethyl adjacent to an activating group) is 1. The molecule has 2 aromatic carbocycles. The maximum Gasteiger partial charge on any atom is 0.253 e. The number of nitrogens with zero attached hydrogens (tertiary/aromatic N) is 5. The summed E-state index contributed by atoms with van der Waals surface area (Å²) < 4.78 is 57.4. The molecule has 1 aliphatic carbocycles. The van der Waals surface area contributed by atoms with Gasteiger partial charge >= 0.3 is 0 Å². The van der Waals surface area contributed by atoms with Crippen LogP contribution in [0.2, 0.25) is 0 Å². The molecule has 0 radical (unpaired) electrons. The molecule has 1 aliphatic heterocycles. The van der Waals surface area contributed by atoms with Crippen LogP contribution in [0.25, 0.3) is 21.3 Å². The minimum atomic E-state index is -3.76. The predicted octanol–water partition coefficient (Wildman–Crippen LogP) is 2.53. The lowest BCUT2D eigenvalue weighted by Gasteiger charge is -2.32. The first kappa shape index (κ1) is 29.0. The van der Waals surface area contributed by atoms with E-state index in [-0.39, 0.29) is 35.9 Å². The molecule has 4 aromatic rings. The van der Waals surface area contributed by atoms with Crippen LogP contribution < -0.4 is 4.72 Å². The van der Waals surface area contributed by atoms with Crippen LogP contribution in [0.1, 0.15) is 45.2 Å². The van der Waals surface area contributed by atoms with Crippen molar-refractivity contribution in [2.45, 2.75) is 24.6 Å². The Balaban J connectivity index is 1.30. The van der Waals surface area contributed by atoms with E-state index in [4.69, 9.17) is 4.42 Å². The van der Waals surface area contributed by atoms with Gasteiger partial charge in [0.25, 0.3) is 5.91 Å². The van der Waals surface area contributed by atoms with E-state index in [2.05, 4.69) is 24.8 Å². The summed E-state index contributed by atoms with van der Waals surface area (Å²) in [7, 11) is -1.71. The number of fused-ring (bicyclic) bond motifs is 1. The van der Waals surface area contributed by atoms with Gasteiger partial charge in [0.2, 0.25) is 11.8 Å². The second-order valence-corrected chi connectivity index (χ2v) is 14.6. The maximum atomic E-state index is 13.6. The quantitative estimate of drug-likeness (QED) is 0.258. The van der Waals surface area contributed by atoms with Gasteiger partial charge in [0.1, 0.15) is 5.01 Å². The highest BCUT2D eigenvalue weighted by atomic mass is 32.2. The summed E-state index contributed by atoms with van der Waals surface area (Å²) >= 11 is -1.30. The molecule has 0 spiro atoms. The van der Waals surface area contributed by atoms with Crippen molar-refractivity contribution in [3.05, 3.63) is 64.8 Å². The molecule has 6 rings (SSSR count). The van der Waals surface area contributed by atoms with Crippen LogP contribution in [0.4, 0.5) is 0 Å². The lowest BCUT2D eigenvalue weighted by molar-refractivity contribution is 0.0664. The zero-order valence-electron chi connectivity index (χ0n) is 22.8. The first-order valence-corrected chi connectivity index (χ1v) is 17.1. The Morgan fingerprint density at radius 1 is 1.14 bits per heavy atom. The van der Waals surface area contributed by atoms with Crippen molar-refractivity contribution < 1.29 is 26.4 Å². The summed E-state index contributed by atoms with van der Waals surface area (Å²) in [4.78, 5) is 21.9. The molecule has 2 fully saturated rings. The number of carbonyl (C=O) groups excluding carboxylic acids is 1. The van der Waals surface area contributed by atoms with E-state index in [0.717, 1.165) is 41.8 Å². The van der Waals surface area contributed by atoms with E-state index in [1.165, 1.54) is 11.3 Å². The third kappa shape index (κ3) is 6.45. The van der Waals surface area contributed by atoms with E-state index < -0.39 is 26.4 Å². The standard InChI is InChI=1S/C27H30N6O6S3/c1-32-9-11-33(12-10-32)27(34)20-4-2-3-18(13-20)19-7-8-21-22(14-19)40-26(29-21)24(42(37,38)16-17-5-6-17)25-31-30-23(39-25)15-28-41(35)36/h2-4,7-8,13-14,17,24,28H,5-6,9-12,15-16H2,1H3,(H,35,36)/p-1. The van der Waals surface area contributed by atoms with Gasteiger partial charge in [-0.25, -0.2) is 18.1 Å². The van der Waals surface area contributed by atoms with Crippen molar-refractivity contribution >= 4 is 48.6 Å². The van der Waals surface area contributed by atoms with Crippen molar-refractivity contribution in [3.8, 4) is 11.1 Å². The minimum absolute atomic E-state index is 0.00503. The second kappa shape index (κ2) is 11.9. The number of nitrogens with one attached hydrogen (secondary N) is 1. The van der Waals surface area contributed by atoms with Crippen molar-refractivity contribution in [1.29, 1.82) is 0 Å². The van der Waals surface area contributed by atoms with Gasteiger partial charge in [-0.3, -0.25) is 9.00 Å². The monoisotopic (exact) mass is 629 g/mol. The summed E-state index contributed by atoms with van der Waals surface area (Å²) in [6.07, 6.45) is 1.69. The van der Waals surface area contributed by atoms with Crippen LogP contribution in [0.3, 0.4) is 0 Å². The molecule has 1 saturated heterocycles. The largest absolute Gasteiger partial charge is 0.760 e. The molecule has 15 heteroatoms. The first-order valence-electron chi connectivity index (χ1n) is 13.5. The van der Waals surface area contributed by atoms with Crippen LogP contribution in [0.5, 0.6) is 0 Å². The Morgan fingerprint density at radius 3 is 2.64 bits per heavy atom. The topological polar surface area (TPSA) is 162 Å². The number of rotatable bonds is 10. The SMILES string of the molecule is CN1CCN(C(=O)c2cccc(-c3ccc4nc(C(c5nnc(CNS(=O)[O-])o5)S(=O)(=O)CC5CC5)sc4c3)c2)CC1. The van der Waals surface area contributed by atoms with Crippen LogP contribution in [0.15, 0.2) is 46.9 Å². The number of piperazine rings is 1. The van der Waals surface area contributed by atoms with Gasteiger partial charge in [-0.05, 0) is 61.2 Å². The fraction of sp³-hybridized carbons (Fsp3) is 0.407. The highest BCUT2D eigenvalue weighted by Gasteiger charge is 2.40. The summed E-state index contributed by atoms with van der Waals surface area (Å²) in [6, 6.07) is 13.2. The number of aromatic nitrogens is 3. The van der Waals surface area contributed by atoms with Gasteiger partial charge in [-0.1, -0.05) is 18.2 Å². The molecular formula is C27H29N6O6S3-. The summed E-state index contributed by atoms with van der Waals surface area (Å²) in [5, 5.41) is 6.84. The summed E-state index contributed by atoms with van der Waals surface area (Å²) in [5.74, 6) is -0.113. The zero-order chi connectivity index (χ0) is 29.4. The molecule has 42 heavy (non-hydrogen) atoms. The molecule has 12 nitrogen and oxygen atoms in total. The van der Waals surface area contributed by atoms with Crippen molar-refractivity contribution in [2.24, 2.45) is 5.92 Å². The van der Waals surface area contributed by atoms with Gasteiger partial charge in [-0.2, -0.15) is 0 Å². The van der Waals surface area contributed by atoms with Gasteiger partial charge in [0.15, 0.2) is 15.1 Å². The number of sulfone groups is 1. The van der Waals surface area contributed by atoms with Gasteiger partial charge in [0.05, 0.1) is 22.5 Å². The number of thiazole rings is 1. The summed E-state index contributed by atoms with van der Waals surface area (Å²) in [5.41, 5.74) is 2.99. The van der Waals surface area contributed by atoms with E-state index in [0.29, 0.717) is 29.2 Å².